The molecule has 0 spiro atoms. The molecule has 0 saturated carbocycles. The van der Waals surface area contributed by atoms with Crippen LogP contribution in [0.1, 0.15) is 10.4 Å². The smallest absolute Gasteiger partial charge is 0.226 e. The number of carbonyl (C=O) groups excluding carboxylic acids is 1. The molecule has 0 unspecified atom stereocenters. The fraction of sp³-hybridized carbons (Fsp3) is 0. The van der Waals surface area contributed by atoms with Gasteiger partial charge < -0.3 is 5.73 Å². The number of nitrogen functional groups attached to an aromatic ring is 1. The summed E-state index contributed by atoms with van der Waals surface area (Å²) in [6.07, 6.45) is 0. The van der Waals surface area contributed by atoms with Crippen LogP contribution in [-0.4, -0.2) is 5.12 Å². The Kier molecular flexibility index (Phi) is 4.32. The van der Waals surface area contributed by atoms with E-state index in [1.165, 1.54) is 0 Å². The summed E-state index contributed by atoms with van der Waals surface area (Å²) in [5, 5.41) is 0.434. The van der Waals surface area contributed by atoms with Gasteiger partial charge in [0.2, 0.25) is 5.12 Å². The molecular formula is C13H9BrClNOS. The second-order valence-electron chi connectivity index (χ2n) is 3.58. The average Bonchev–Trinajstić information content (AvgIpc) is 2.32. The van der Waals surface area contributed by atoms with E-state index in [9.17, 15) is 4.79 Å². The largest absolute Gasteiger partial charge is 0.398 e. The van der Waals surface area contributed by atoms with Gasteiger partial charge in [-0.1, -0.05) is 27.5 Å². The van der Waals surface area contributed by atoms with E-state index in [1.807, 2.05) is 24.3 Å². The molecule has 0 aliphatic carbocycles. The number of hydrogen-bond donors (Lipinski definition) is 1. The Balaban J connectivity index is 2.19. The molecule has 0 bridgehead atoms. The Bertz CT molecular complexity index is 586. The minimum absolute atomic E-state index is 0.0912. The zero-order chi connectivity index (χ0) is 13.1. The van der Waals surface area contributed by atoms with Crippen LogP contribution in [0.5, 0.6) is 0 Å². The van der Waals surface area contributed by atoms with Crippen molar-refractivity contribution in [2.45, 2.75) is 4.90 Å². The van der Waals surface area contributed by atoms with Gasteiger partial charge in [0, 0.05) is 20.1 Å². The molecule has 5 heteroatoms. The Morgan fingerprint density at radius 2 is 1.83 bits per heavy atom. The zero-order valence-electron chi connectivity index (χ0n) is 9.19. The highest BCUT2D eigenvalue weighted by Crippen LogP contribution is 2.28. The van der Waals surface area contributed by atoms with Gasteiger partial charge in [-0.2, -0.15) is 0 Å². The van der Waals surface area contributed by atoms with Gasteiger partial charge in [0.1, 0.15) is 0 Å². The van der Waals surface area contributed by atoms with Crippen LogP contribution in [0.25, 0.3) is 0 Å². The first-order chi connectivity index (χ1) is 8.56. The van der Waals surface area contributed by atoms with Gasteiger partial charge in [-0.25, -0.2) is 0 Å². The number of anilines is 1. The van der Waals surface area contributed by atoms with Crippen LogP contribution in [0.4, 0.5) is 5.69 Å². The number of benzene rings is 2. The highest BCUT2D eigenvalue weighted by Gasteiger charge is 2.11. The molecule has 0 heterocycles. The maximum Gasteiger partial charge on any atom is 0.226 e. The second-order valence-corrected chi connectivity index (χ2v) is 5.97. The number of rotatable bonds is 2. The lowest BCUT2D eigenvalue weighted by Gasteiger charge is -2.05. The standard InChI is InChI=1S/C13H9BrClNOS/c14-8-1-4-10(5-2-8)18-13(17)11-6-3-9(15)7-12(11)16/h1-7H,16H2. The van der Waals surface area contributed by atoms with E-state index in [-0.39, 0.29) is 5.12 Å². The van der Waals surface area contributed by atoms with Crippen LogP contribution in [0.3, 0.4) is 0 Å². The molecule has 0 radical (unpaired) electrons. The van der Waals surface area contributed by atoms with Crippen molar-refractivity contribution >= 4 is 50.1 Å². The predicted octanol–water partition coefficient (Wildman–Crippen LogP) is 4.62. The Hall–Kier alpha value is -0.970. The van der Waals surface area contributed by atoms with Gasteiger partial charge in [-0.05, 0) is 54.2 Å². The molecule has 0 aromatic heterocycles. The van der Waals surface area contributed by atoms with Crippen LogP contribution < -0.4 is 5.73 Å². The highest BCUT2D eigenvalue weighted by molar-refractivity contribution is 9.10. The topological polar surface area (TPSA) is 43.1 Å². The fourth-order valence-electron chi connectivity index (χ4n) is 1.38. The Labute approximate surface area is 123 Å². The first kappa shape index (κ1) is 13.5. The van der Waals surface area contributed by atoms with E-state index >= 15 is 0 Å². The van der Waals surface area contributed by atoms with E-state index in [0.29, 0.717) is 16.3 Å². The molecule has 18 heavy (non-hydrogen) atoms. The van der Waals surface area contributed by atoms with Gasteiger partial charge in [0.15, 0.2) is 0 Å². The summed E-state index contributed by atoms with van der Waals surface area (Å²) >= 11 is 10.3. The molecule has 2 rings (SSSR count). The van der Waals surface area contributed by atoms with Crippen molar-refractivity contribution in [2.24, 2.45) is 0 Å². The maximum atomic E-state index is 12.1. The maximum absolute atomic E-state index is 12.1. The van der Waals surface area contributed by atoms with Crippen molar-refractivity contribution in [1.82, 2.24) is 0 Å². The van der Waals surface area contributed by atoms with Gasteiger partial charge in [-0.3, -0.25) is 4.79 Å². The number of halogens is 2. The summed E-state index contributed by atoms with van der Waals surface area (Å²) in [5.41, 5.74) is 6.65. The average molecular weight is 343 g/mol. The van der Waals surface area contributed by atoms with Crippen LogP contribution in [0.15, 0.2) is 51.8 Å². The normalized spacial score (nSPS) is 10.3. The molecular weight excluding hydrogens is 334 g/mol. The highest BCUT2D eigenvalue weighted by atomic mass is 79.9. The van der Waals surface area contributed by atoms with E-state index < -0.39 is 0 Å². The summed E-state index contributed by atoms with van der Waals surface area (Å²) in [6.45, 7) is 0. The van der Waals surface area contributed by atoms with Gasteiger partial charge in [-0.15, -0.1) is 0 Å². The third-order valence-electron chi connectivity index (χ3n) is 2.26. The first-order valence-electron chi connectivity index (χ1n) is 5.09. The third-order valence-corrected chi connectivity index (χ3v) is 3.93. The van der Waals surface area contributed by atoms with Crippen molar-refractivity contribution in [3.63, 3.8) is 0 Å². The molecule has 0 fully saturated rings. The number of carbonyl (C=O) groups is 1. The molecule has 0 atom stereocenters. The minimum Gasteiger partial charge on any atom is -0.398 e. The van der Waals surface area contributed by atoms with Crippen LogP contribution >= 0.6 is 39.3 Å². The Morgan fingerprint density at radius 1 is 1.17 bits per heavy atom. The van der Waals surface area contributed by atoms with Crippen molar-refractivity contribution in [2.75, 3.05) is 5.73 Å². The molecule has 0 aliphatic rings. The summed E-state index contributed by atoms with van der Waals surface area (Å²) in [7, 11) is 0. The zero-order valence-corrected chi connectivity index (χ0v) is 12.3. The van der Waals surface area contributed by atoms with E-state index in [4.69, 9.17) is 17.3 Å². The number of nitrogens with two attached hydrogens (primary N) is 1. The molecule has 2 N–H and O–H groups in total. The van der Waals surface area contributed by atoms with Gasteiger partial charge in [0.05, 0.1) is 5.56 Å². The molecule has 0 saturated heterocycles. The minimum atomic E-state index is -0.0912. The SMILES string of the molecule is Nc1cc(Cl)ccc1C(=O)Sc1ccc(Br)cc1. The second kappa shape index (κ2) is 5.78. The monoisotopic (exact) mass is 341 g/mol. The summed E-state index contributed by atoms with van der Waals surface area (Å²) in [5.74, 6) is 0. The summed E-state index contributed by atoms with van der Waals surface area (Å²) in [4.78, 5) is 12.9. The van der Waals surface area contributed by atoms with Crippen molar-refractivity contribution in [1.29, 1.82) is 0 Å². The van der Waals surface area contributed by atoms with Crippen molar-refractivity contribution in [3.8, 4) is 0 Å². The van der Waals surface area contributed by atoms with E-state index in [2.05, 4.69) is 15.9 Å². The molecule has 0 amide bonds. The predicted molar refractivity (Wildman–Crippen MR) is 80.2 cm³/mol. The van der Waals surface area contributed by atoms with Gasteiger partial charge in [0.25, 0.3) is 0 Å². The fourth-order valence-corrected chi connectivity index (χ4v) is 2.61. The van der Waals surface area contributed by atoms with Crippen molar-refractivity contribution in [3.05, 3.63) is 57.5 Å². The lowest BCUT2D eigenvalue weighted by molar-refractivity contribution is 0.109. The van der Waals surface area contributed by atoms with Crippen molar-refractivity contribution < 1.29 is 4.79 Å². The number of hydrogen-bond acceptors (Lipinski definition) is 3. The molecule has 2 nitrogen and oxygen atoms in total. The van der Waals surface area contributed by atoms with E-state index in [0.717, 1.165) is 21.1 Å². The lowest BCUT2D eigenvalue weighted by Crippen LogP contribution is -1.99. The van der Waals surface area contributed by atoms with Crippen LogP contribution in [0.2, 0.25) is 5.02 Å². The van der Waals surface area contributed by atoms with E-state index in [1.54, 1.807) is 18.2 Å². The third kappa shape index (κ3) is 3.28. The van der Waals surface area contributed by atoms with Crippen LogP contribution in [0, 0.1) is 0 Å². The van der Waals surface area contributed by atoms with Crippen LogP contribution in [-0.2, 0) is 0 Å². The molecule has 2 aromatic rings. The van der Waals surface area contributed by atoms with Gasteiger partial charge >= 0.3 is 0 Å². The number of thioether (sulfide) groups is 1. The molecule has 2 aromatic carbocycles. The quantitative estimate of drug-likeness (QED) is 0.640. The molecule has 0 aliphatic heterocycles. The molecule has 92 valence electrons. The summed E-state index contributed by atoms with van der Waals surface area (Å²) < 4.78 is 0.977. The lowest BCUT2D eigenvalue weighted by atomic mass is 10.2. The summed E-state index contributed by atoms with van der Waals surface area (Å²) in [6, 6.07) is 12.4. The Morgan fingerprint density at radius 3 is 2.44 bits per heavy atom. The first-order valence-corrected chi connectivity index (χ1v) is 7.08.